The fourth-order valence-corrected chi connectivity index (χ4v) is 2.99. The lowest BCUT2D eigenvalue weighted by Gasteiger charge is -2.09. The van der Waals surface area contributed by atoms with Crippen LogP contribution < -0.4 is 5.32 Å². The van der Waals surface area contributed by atoms with Gasteiger partial charge in [-0.1, -0.05) is 12.1 Å². The van der Waals surface area contributed by atoms with Gasteiger partial charge in [-0.15, -0.1) is 0 Å². The third-order valence-corrected chi connectivity index (χ3v) is 5.16. The first kappa shape index (κ1) is 25.2. The van der Waals surface area contributed by atoms with Crippen LogP contribution in [0.5, 0.6) is 0 Å². The summed E-state index contributed by atoms with van der Waals surface area (Å²) in [6.45, 7) is -2.42. The zero-order valence-corrected chi connectivity index (χ0v) is 16.9. The Morgan fingerprint density at radius 2 is 1.56 bits per heavy atom. The minimum atomic E-state index is -4.76. The summed E-state index contributed by atoms with van der Waals surface area (Å²) in [5.41, 5.74) is 0.516. The number of halogens is 5. The summed E-state index contributed by atoms with van der Waals surface area (Å²) in [5, 5.41) is 2.29. The smallest absolute Gasteiger partial charge is 0.411 e. The summed E-state index contributed by atoms with van der Waals surface area (Å²) in [5.74, 6) is -5.23. The molecule has 1 N–H and O–H groups in total. The van der Waals surface area contributed by atoms with Gasteiger partial charge in [0.1, 0.15) is 6.61 Å². The molecule has 0 saturated heterocycles. The highest BCUT2D eigenvalue weighted by Gasteiger charge is 2.27. The number of esters is 1. The predicted octanol–water partition coefficient (Wildman–Crippen LogP) is 3.56. The van der Waals surface area contributed by atoms with E-state index in [1.165, 1.54) is 24.3 Å². The van der Waals surface area contributed by atoms with E-state index in [9.17, 15) is 40.0 Å². The van der Waals surface area contributed by atoms with Crippen molar-refractivity contribution in [2.75, 3.05) is 18.5 Å². The van der Waals surface area contributed by atoms with Crippen LogP contribution in [0.4, 0.5) is 27.6 Å². The van der Waals surface area contributed by atoms with Gasteiger partial charge >= 0.3 is 17.9 Å². The van der Waals surface area contributed by atoms with Crippen LogP contribution in [-0.2, 0) is 30.7 Å². The van der Waals surface area contributed by atoms with Crippen LogP contribution in [0.2, 0.25) is 0 Å². The van der Waals surface area contributed by atoms with Gasteiger partial charge in [0.25, 0.3) is 5.91 Å². The Balaban J connectivity index is 1.83. The molecule has 0 saturated carbocycles. The van der Waals surface area contributed by atoms with E-state index in [-0.39, 0.29) is 17.9 Å². The number of hydrogen-bond acceptors (Lipinski definition) is 6. The second-order valence-electron chi connectivity index (χ2n) is 6.26. The van der Waals surface area contributed by atoms with Crippen molar-refractivity contribution in [2.45, 2.75) is 23.4 Å². The van der Waals surface area contributed by atoms with Gasteiger partial charge in [0.2, 0.25) is 9.84 Å². The molecule has 1 amide bonds. The van der Waals surface area contributed by atoms with E-state index in [2.05, 4.69) is 10.1 Å². The fourth-order valence-electron chi connectivity index (χ4n) is 2.26. The van der Waals surface area contributed by atoms with E-state index in [0.717, 1.165) is 24.3 Å². The van der Waals surface area contributed by atoms with E-state index >= 15 is 0 Å². The molecule has 0 spiro atoms. The van der Waals surface area contributed by atoms with E-state index in [4.69, 9.17) is 4.74 Å². The average molecular weight is 481 g/mol. The molecular weight excluding hydrogens is 465 g/mol. The summed E-state index contributed by atoms with van der Waals surface area (Å²) in [6.07, 6.45) is -4.45. The predicted molar refractivity (Wildman–Crippen MR) is 101 cm³/mol. The van der Waals surface area contributed by atoms with Crippen LogP contribution in [0.15, 0.2) is 53.4 Å². The number of carbonyl (C=O) groups is 2. The van der Waals surface area contributed by atoms with Gasteiger partial charge in [-0.3, -0.25) is 4.79 Å². The lowest BCUT2D eigenvalue weighted by Crippen LogP contribution is -2.21. The summed E-state index contributed by atoms with van der Waals surface area (Å²) in [4.78, 5) is 23.2. The monoisotopic (exact) mass is 481 g/mol. The van der Waals surface area contributed by atoms with Gasteiger partial charge in [-0.25, -0.2) is 13.2 Å². The summed E-state index contributed by atoms with van der Waals surface area (Å²) < 4.78 is 93.1. The third-order valence-electron chi connectivity index (χ3n) is 3.76. The molecule has 0 fully saturated rings. The SMILES string of the molecule is O=C(COC(=O)c1ccc(COCC(F)(F)F)cc1)Nc1ccc(S(=O)(=O)C(F)F)cc1. The number of sulfone groups is 1. The Morgan fingerprint density at radius 3 is 2.09 bits per heavy atom. The summed E-state index contributed by atoms with van der Waals surface area (Å²) in [7, 11) is -4.76. The van der Waals surface area contributed by atoms with Crippen molar-refractivity contribution in [3.05, 3.63) is 59.7 Å². The second kappa shape index (κ2) is 10.5. The van der Waals surface area contributed by atoms with E-state index in [0.29, 0.717) is 5.56 Å². The molecule has 2 rings (SSSR count). The molecule has 2 aromatic carbocycles. The molecule has 0 unspecified atom stereocenters. The molecule has 13 heteroatoms. The maximum Gasteiger partial charge on any atom is 0.411 e. The number of rotatable bonds is 9. The Labute approximate surface area is 179 Å². The van der Waals surface area contributed by atoms with Crippen molar-refractivity contribution in [1.29, 1.82) is 0 Å². The maximum atomic E-state index is 12.5. The molecule has 0 heterocycles. The van der Waals surface area contributed by atoms with Gasteiger partial charge < -0.3 is 14.8 Å². The number of benzene rings is 2. The van der Waals surface area contributed by atoms with Gasteiger partial charge in [0.05, 0.1) is 17.1 Å². The molecule has 2 aromatic rings. The van der Waals surface area contributed by atoms with Crippen LogP contribution in [0, 0.1) is 0 Å². The first-order valence-corrected chi connectivity index (χ1v) is 10.3. The van der Waals surface area contributed by atoms with Crippen LogP contribution in [0.1, 0.15) is 15.9 Å². The number of ether oxygens (including phenoxy) is 2. The van der Waals surface area contributed by atoms with Crippen molar-refractivity contribution < 1.29 is 49.4 Å². The number of nitrogens with one attached hydrogen (secondary N) is 1. The topological polar surface area (TPSA) is 98.8 Å². The van der Waals surface area contributed by atoms with Crippen LogP contribution in [0.25, 0.3) is 0 Å². The van der Waals surface area contributed by atoms with Crippen LogP contribution >= 0.6 is 0 Å². The highest BCUT2D eigenvalue weighted by molar-refractivity contribution is 7.91. The molecule has 0 bridgehead atoms. The maximum absolute atomic E-state index is 12.5. The Kier molecular flexibility index (Phi) is 8.27. The van der Waals surface area contributed by atoms with Crippen molar-refractivity contribution in [3.8, 4) is 0 Å². The minimum absolute atomic E-state index is 0.0407. The minimum Gasteiger partial charge on any atom is -0.452 e. The van der Waals surface area contributed by atoms with Crippen LogP contribution in [0.3, 0.4) is 0 Å². The van der Waals surface area contributed by atoms with Gasteiger partial charge in [0.15, 0.2) is 6.61 Å². The molecule has 0 aliphatic carbocycles. The molecule has 0 radical (unpaired) electrons. The number of alkyl halides is 5. The molecule has 7 nitrogen and oxygen atoms in total. The van der Waals surface area contributed by atoms with Gasteiger partial charge in [-0.05, 0) is 42.0 Å². The Bertz CT molecular complexity index is 1040. The number of amides is 1. The molecule has 0 atom stereocenters. The average Bonchev–Trinajstić information content (AvgIpc) is 2.72. The van der Waals surface area contributed by atoms with Crippen molar-refractivity contribution in [1.82, 2.24) is 0 Å². The third kappa shape index (κ3) is 7.57. The van der Waals surface area contributed by atoms with Gasteiger partial charge in [0, 0.05) is 5.69 Å². The number of hydrogen-bond donors (Lipinski definition) is 1. The highest BCUT2D eigenvalue weighted by atomic mass is 32.2. The standard InChI is InChI=1S/C19H16F5NO6S/c20-18(21)32(28,29)15-7-5-14(6-8-15)25-16(26)10-31-17(27)13-3-1-12(2-4-13)9-30-11-19(22,23)24/h1-8,18H,9-11H2,(H,25,26). The van der Waals surface area contributed by atoms with E-state index < -0.39 is 51.8 Å². The fraction of sp³-hybridized carbons (Fsp3) is 0.263. The van der Waals surface area contributed by atoms with E-state index in [1.54, 1.807) is 0 Å². The van der Waals surface area contributed by atoms with Crippen molar-refractivity contribution in [2.24, 2.45) is 0 Å². The molecular formula is C19H16F5NO6S. The van der Waals surface area contributed by atoms with Gasteiger partial charge in [-0.2, -0.15) is 22.0 Å². The molecule has 0 aliphatic rings. The molecule has 0 aromatic heterocycles. The first-order chi connectivity index (χ1) is 14.9. The number of carbonyl (C=O) groups excluding carboxylic acids is 2. The zero-order valence-electron chi connectivity index (χ0n) is 16.1. The molecule has 174 valence electrons. The summed E-state index contributed by atoms with van der Waals surface area (Å²) in [6, 6.07) is 9.27. The highest BCUT2D eigenvalue weighted by Crippen LogP contribution is 2.20. The normalized spacial score (nSPS) is 11.9. The largest absolute Gasteiger partial charge is 0.452 e. The molecule has 0 aliphatic heterocycles. The second-order valence-corrected chi connectivity index (χ2v) is 8.18. The summed E-state index contributed by atoms with van der Waals surface area (Å²) >= 11 is 0. The van der Waals surface area contributed by atoms with Crippen molar-refractivity contribution in [3.63, 3.8) is 0 Å². The first-order valence-electron chi connectivity index (χ1n) is 8.71. The lowest BCUT2D eigenvalue weighted by molar-refractivity contribution is -0.176. The number of anilines is 1. The quantitative estimate of drug-likeness (QED) is 0.435. The van der Waals surface area contributed by atoms with Crippen LogP contribution in [-0.4, -0.2) is 45.4 Å². The Hall–Kier alpha value is -3.06. The van der Waals surface area contributed by atoms with Crippen molar-refractivity contribution >= 4 is 27.4 Å². The zero-order chi connectivity index (χ0) is 23.9. The molecule has 32 heavy (non-hydrogen) atoms. The lowest BCUT2D eigenvalue weighted by atomic mass is 10.1. The Morgan fingerprint density at radius 1 is 0.969 bits per heavy atom. The van der Waals surface area contributed by atoms with E-state index in [1.807, 2.05) is 0 Å².